The molecule has 1 aliphatic heterocycles. The number of para-hydroxylation sites is 1. The van der Waals surface area contributed by atoms with Gasteiger partial charge in [0, 0.05) is 16.2 Å². The second-order valence-electron chi connectivity index (χ2n) is 8.00. The molecule has 0 aliphatic carbocycles. The minimum absolute atomic E-state index is 0.112. The molecule has 1 aromatic heterocycles. The number of nitrogens with zero attached hydrogens (tertiary/aromatic N) is 3. The lowest BCUT2D eigenvalue weighted by Crippen LogP contribution is -2.24. The van der Waals surface area contributed by atoms with Crippen LogP contribution in [0.1, 0.15) is 22.5 Å². The van der Waals surface area contributed by atoms with E-state index in [9.17, 15) is 9.59 Å². The molecule has 158 valence electrons. The number of hydrogen-bond acceptors (Lipinski definition) is 3. The predicted octanol–water partition coefficient (Wildman–Crippen LogP) is 5.12. The molecule has 1 amide bonds. The molecule has 32 heavy (non-hydrogen) atoms. The number of fused-ring (bicyclic) bond motifs is 2. The first kappa shape index (κ1) is 20.6. The van der Waals surface area contributed by atoms with E-state index in [0.717, 1.165) is 31.6 Å². The molecule has 0 bridgehead atoms. The summed E-state index contributed by atoms with van der Waals surface area (Å²) in [6.07, 6.45) is 1.75. The first-order valence-electron chi connectivity index (χ1n) is 10.2. The number of carbonyl (C=O) groups is 1. The molecular weight excluding hydrogens is 513 g/mol. The second-order valence-corrected chi connectivity index (χ2v) is 9.25. The van der Waals surface area contributed by atoms with E-state index in [2.05, 4.69) is 22.6 Å². The highest BCUT2D eigenvalue weighted by Crippen LogP contribution is 2.37. The third kappa shape index (κ3) is 3.26. The lowest BCUT2D eigenvalue weighted by Gasteiger charge is -2.14. The number of hydrogen-bond donors (Lipinski definition) is 0. The Morgan fingerprint density at radius 1 is 0.938 bits per heavy atom. The quantitative estimate of drug-likeness (QED) is 0.266. The molecule has 6 heteroatoms. The van der Waals surface area contributed by atoms with E-state index in [1.54, 1.807) is 22.6 Å². The summed E-state index contributed by atoms with van der Waals surface area (Å²) in [4.78, 5) is 33.3. The number of aromatic nitrogens is 2. The minimum atomic E-state index is -0.155. The fraction of sp³-hybridized carbons (Fsp3) is 0.115. The highest BCUT2D eigenvalue weighted by atomic mass is 127. The molecule has 1 aliphatic rings. The lowest BCUT2D eigenvalue weighted by molar-refractivity contribution is -0.112. The van der Waals surface area contributed by atoms with Crippen molar-refractivity contribution in [2.24, 2.45) is 0 Å². The Labute approximate surface area is 199 Å². The summed E-state index contributed by atoms with van der Waals surface area (Å²) in [5.41, 5.74) is 5.46. The number of aryl methyl sites for hydroxylation is 2. The van der Waals surface area contributed by atoms with E-state index < -0.39 is 0 Å². The van der Waals surface area contributed by atoms with Crippen LogP contribution in [0.25, 0.3) is 28.2 Å². The van der Waals surface area contributed by atoms with Crippen molar-refractivity contribution in [2.45, 2.75) is 13.8 Å². The zero-order chi connectivity index (χ0) is 22.6. The normalized spacial score (nSPS) is 14.4. The minimum Gasteiger partial charge on any atom is -0.311 e. The van der Waals surface area contributed by atoms with Gasteiger partial charge >= 0.3 is 0 Å². The van der Waals surface area contributed by atoms with Crippen LogP contribution < -0.4 is 10.5 Å². The van der Waals surface area contributed by atoms with E-state index in [1.807, 2.05) is 74.5 Å². The molecule has 0 saturated carbocycles. The van der Waals surface area contributed by atoms with Crippen LogP contribution in [-0.2, 0) is 4.79 Å². The van der Waals surface area contributed by atoms with Gasteiger partial charge in [-0.2, -0.15) is 0 Å². The number of carbonyl (C=O) groups excluding carboxylic acids is 1. The smallest absolute Gasteiger partial charge is 0.266 e. The average molecular weight is 533 g/mol. The van der Waals surface area contributed by atoms with Crippen molar-refractivity contribution >= 4 is 56.7 Å². The van der Waals surface area contributed by atoms with Crippen molar-refractivity contribution in [3.63, 3.8) is 0 Å². The maximum Gasteiger partial charge on any atom is 0.266 e. The van der Waals surface area contributed by atoms with Gasteiger partial charge in [0.15, 0.2) is 0 Å². The zero-order valence-electron chi connectivity index (χ0n) is 17.9. The summed E-state index contributed by atoms with van der Waals surface area (Å²) in [7, 11) is 1.77. The van der Waals surface area contributed by atoms with Crippen LogP contribution >= 0.6 is 22.6 Å². The van der Waals surface area contributed by atoms with Gasteiger partial charge in [-0.25, -0.2) is 4.98 Å². The van der Waals surface area contributed by atoms with Gasteiger partial charge in [0.25, 0.3) is 11.5 Å². The van der Waals surface area contributed by atoms with Crippen molar-refractivity contribution in [2.75, 3.05) is 11.9 Å². The molecule has 0 radical (unpaired) electrons. The molecule has 0 fully saturated rings. The number of halogens is 1. The summed E-state index contributed by atoms with van der Waals surface area (Å²) in [6.45, 7) is 3.96. The van der Waals surface area contributed by atoms with E-state index in [1.165, 1.54) is 0 Å². The lowest BCUT2D eigenvalue weighted by atomic mass is 10.0. The van der Waals surface area contributed by atoms with Crippen LogP contribution in [0.4, 0.5) is 5.69 Å². The summed E-state index contributed by atoms with van der Waals surface area (Å²) in [6, 6.07) is 19.3. The van der Waals surface area contributed by atoms with Gasteiger partial charge < -0.3 is 4.90 Å². The fourth-order valence-corrected chi connectivity index (χ4v) is 4.64. The topological polar surface area (TPSA) is 55.2 Å². The van der Waals surface area contributed by atoms with Gasteiger partial charge in [-0.1, -0.05) is 29.8 Å². The first-order valence-corrected chi connectivity index (χ1v) is 11.3. The molecule has 2 heterocycles. The molecule has 0 unspecified atom stereocenters. The van der Waals surface area contributed by atoms with Crippen LogP contribution in [-0.4, -0.2) is 22.5 Å². The van der Waals surface area contributed by atoms with Gasteiger partial charge in [-0.15, -0.1) is 0 Å². The largest absolute Gasteiger partial charge is 0.311 e. The highest BCUT2D eigenvalue weighted by Gasteiger charge is 2.30. The Balaban J connectivity index is 1.86. The van der Waals surface area contributed by atoms with E-state index in [0.29, 0.717) is 22.3 Å². The van der Waals surface area contributed by atoms with Gasteiger partial charge in [0.2, 0.25) is 0 Å². The summed E-state index contributed by atoms with van der Waals surface area (Å²) in [5.74, 6) is 0.322. The second kappa shape index (κ2) is 7.70. The summed E-state index contributed by atoms with van der Waals surface area (Å²) >= 11 is 2.20. The van der Waals surface area contributed by atoms with Crippen molar-refractivity contribution in [3.8, 4) is 5.69 Å². The monoisotopic (exact) mass is 533 g/mol. The molecular formula is C26H20IN3O2. The van der Waals surface area contributed by atoms with Crippen LogP contribution in [0.15, 0.2) is 65.5 Å². The SMILES string of the molecule is Cc1ccc2c(c1)/C(=C/c1nc3ccc(I)cc3c(=O)n1-c1ccccc1C)C(=O)N2C. The Bertz CT molecular complexity index is 1520. The molecule has 0 saturated heterocycles. The number of benzene rings is 3. The molecule has 5 rings (SSSR count). The molecule has 3 aromatic carbocycles. The fourth-order valence-electron chi connectivity index (χ4n) is 4.15. The van der Waals surface area contributed by atoms with Crippen molar-refractivity contribution in [3.05, 3.63) is 97.1 Å². The van der Waals surface area contributed by atoms with Gasteiger partial charge in [-0.3, -0.25) is 14.2 Å². The van der Waals surface area contributed by atoms with E-state index in [-0.39, 0.29) is 11.5 Å². The van der Waals surface area contributed by atoms with Gasteiger partial charge in [-0.05, 0) is 84.5 Å². The Morgan fingerprint density at radius 3 is 2.50 bits per heavy atom. The van der Waals surface area contributed by atoms with Gasteiger partial charge in [0.05, 0.1) is 27.9 Å². The highest BCUT2D eigenvalue weighted by molar-refractivity contribution is 14.1. The number of likely N-dealkylation sites (N-methyl/N-ethyl adjacent to an activating group) is 1. The predicted molar refractivity (Wildman–Crippen MR) is 137 cm³/mol. The van der Waals surface area contributed by atoms with Crippen LogP contribution in [0.5, 0.6) is 0 Å². The molecule has 0 N–H and O–H groups in total. The Kier molecular flexibility index (Phi) is 4.97. The average Bonchev–Trinajstić information content (AvgIpc) is 2.99. The standard InChI is InChI=1S/C26H20IN3O2/c1-15-8-11-23-18(12-15)19(25(31)29(23)3)14-24-28-21-10-9-17(27)13-20(21)26(32)30(24)22-7-5-4-6-16(22)2/h4-14H,1-3H3/b19-14-. The number of amides is 1. The summed E-state index contributed by atoms with van der Waals surface area (Å²) < 4.78 is 2.58. The molecule has 5 nitrogen and oxygen atoms in total. The number of rotatable bonds is 2. The molecule has 0 spiro atoms. The third-order valence-corrected chi connectivity index (χ3v) is 6.50. The zero-order valence-corrected chi connectivity index (χ0v) is 20.0. The third-order valence-electron chi connectivity index (χ3n) is 5.82. The summed E-state index contributed by atoms with van der Waals surface area (Å²) in [5, 5.41) is 0.549. The van der Waals surface area contributed by atoms with E-state index in [4.69, 9.17) is 4.98 Å². The van der Waals surface area contributed by atoms with Gasteiger partial charge in [0.1, 0.15) is 5.82 Å². The Morgan fingerprint density at radius 2 is 1.72 bits per heavy atom. The first-order chi connectivity index (χ1) is 15.3. The van der Waals surface area contributed by atoms with Crippen LogP contribution in [0, 0.1) is 17.4 Å². The van der Waals surface area contributed by atoms with Crippen LogP contribution in [0.2, 0.25) is 0 Å². The molecule has 4 aromatic rings. The molecule has 0 atom stereocenters. The number of anilines is 1. The van der Waals surface area contributed by atoms with Crippen molar-refractivity contribution < 1.29 is 4.79 Å². The van der Waals surface area contributed by atoms with Crippen molar-refractivity contribution in [1.29, 1.82) is 0 Å². The van der Waals surface area contributed by atoms with E-state index >= 15 is 0 Å². The van der Waals surface area contributed by atoms with Crippen LogP contribution in [0.3, 0.4) is 0 Å². The maximum absolute atomic E-state index is 13.7. The Hall–Kier alpha value is -3.26. The van der Waals surface area contributed by atoms with Crippen molar-refractivity contribution in [1.82, 2.24) is 9.55 Å². The maximum atomic E-state index is 13.7.